The number of aryl methyl sites for hydroxylation is 1. The van der Waals surface area contributed by atoms with Gasteiger partial charge in [0.1, 0.15) is 19.3 Å². The van der Waals surface area contributed by atoms with Crippen LogP contribution in [0.1, 0.15) is 12.5 Å². The Morgan fingerprint density at radius 2 is 1.70 bits per heavy atom. The molecule has 0 aromatic heterocycles. The Balaban J connectivity index is 1.69. The van der Waals surface area contributed by atoms with E-state index in [1.54, 1.807) is 39.3 Å². The summed E-state index contributed by atoms with van der Waals surface area (Å²) >= 11 is 0. The van der Waals surface area contributed by atoms with E-state index in [2.05, 4.69) is 10.6 Å². The van der Waals surface area contributed by atoms with Gasteiger partial charge in [0.2, 0.25) is 5.91 Å². The monoisotopic (exact) mass is 372 g/mol. The molecule has 0 saturated carbocycles. The van der Waals surface area contributed by atoms with E-state index >= 15 is 0 Å². The van der Waals surface area contributed by atoms with Crippen LogP contribution in [0.4, 0.5) is 11.4 Å². The largest absolute Gasteiger partial charge is 0.493 e. The second-order valence-corrected chi connectivity index (χ2v) is 6.24. The molecule has 2 aromatic rings. The molecule has 27 heavy (non-hydrogen) atoms. The molecule has 0 saturated heterocycles. The molecule has 2 aromatic carbocycles. The summed E-state index contributed by atoms with van der Waals surface area (Å²) in [7, 11) is 3.17. The van der Waals surface area contributed by atoms with Crippen molar-refractivity contribution in [3.05, 3.63) is 35.9 Å². The summed E-state index contributed by atoms with van der Waals surface area (Å²) in [5.74, 6) is 2.40. The number of hydrogen-bond acceptors (Lipinski definition) is 6. The van der Waals surface area contributed by atoms with Gasteiger partial charge in [-0.25, -0.2) is 0 Å². The molecule has 1 heterocycles. The van der Waals surface area contributed by atoms with Crippen LogP contribution in [-0.4, -0.2) is 39.4 Å². The summed E-state index contributed by atoms with van der Waals surface area (Å²) in [5.41, 5.74) is 2.41. The zero-order chi connectivity index (χ0) is 19.4. The van der Waals surface area contributed by atoms with Crippen LogP contribution in [0.3, 0.4) is 0 Å². The number of anilines is 2. The number of rotatable bonds is 6. The highest BCUT2D eigenvalue weighted by molar-refractivity contribution is 5.96. The Morgan fingerprint density at radius 3 is 2.41 bits per heavy atom. The van der Waals surface area contributed by atoms with E-state index in [4.69, 9.17) is 18.9 Å². The molecular weight excluding hydrogens is 348 g/mol. The summed E-state index contributed by atoms with van der Waals surface area (Å²) in [6, 6.07) is 8.57. The molecule has 1 aliphatic rings. The molecule has 2 N–H and O–H groups in total. The second-order valence-electron chi connectivity index (χ2n) is 6.24. The second kappa shape index (κ2) is 8.07. The van der Waals surface area contributed by atoms with E-state index < -0.39 is 6.04 Å². The van der Waals surface area contributed by atoms with Crippen molar-refractivity contribution in [2.75, 3.05) is 38.1 Å². The minimum Gasteiger partial charge on any atom is -0.493 e. The van der Waals surface area contributed by atoms with Crippen LogP contribution in [0.5, 0.6) is 23.0 Å². The maximum absolute atomic E-state index is 12.6. The van der Waals surface area contributed by atoms with E-state index in [0.717, 1.165) is 11.3 Å². The topological polar surface area (TPSA) is 78.1 Å². The maximum atomic E-state index is 12.6. The summed E-state index contributed by atoms with van der Waals surface area (Å²) in [6.45, 7) is 4.77. The molecule has 1 atom stereocenters. The minimum atomic E-state index is -0.463. The molecule has 1 amide bonds. The first-order valence-electron chi connectivity index (χ1n) is 8.71. The minimum absolute atomic E-state index is 0.166. The molecule has 3 rings (SSSR count). The average molecular weight is 372 g/mol. The van der Waals surface area contributed by atoms with Gasteiger partial charge >= 0.3 is 0 Å². The maximum Gasteiger partial charge on any atom is 0.246 e. The van der Waals surface area contributed by atoms with Crippen molar-refractivity contribution in [3.8, 4) is 23.0 Å². The fourth-order valence-electron chi connectivity index (χ4n) is 2.81. The molecule has 1 unspecified atom stereocenters. The SMILES string of the molecule is COc1cc(C)c(NC(C)C(=O)Nc2ccc3c(c2)OCCO3)cc1OC. The Hall–Kier alpha value is -3.09. The predicted octanol–water partition coefficient (Wildman–Crippen LogP) is 3.22. The summed E-state index contributed by atoms with van der Waals surface area (Å²) < 4.78 is 21.7. The first kappa shape index (κ1) is 18.7. The number of amides is 1. The van der Waals surface area contributed by atoms with E-state index in [1.165, 1.54) is 0 Å². The molecule has 0 aliphatic carbocycles. The molecule has 0 radical (unpaired) electrons. The van der Waals surface area contributed by atoms with Crippen molar-refractivity contribution in [3.63, 3.8) is 0 Å². The van der Waals surface area contributed by atoms with Gasteiger partial charge < -0.3 is 29.6 Å². The van der Waals surface area contributed by atoms with Gasteiger partial charge in [-0.2, -0.15) is 0 Å². The van der Waals surface area contributed by atoms with Crippen LogP contribution < -0.4 is 29.6 Å². The Bertz CT molecular complexity index is 837. The van der Waals surface area contributed by atoms with Gasteiger partial charge in [0.05, 0.1) is 14.2 Å². The first-order valence-corrected chi connectivity index (χ1v) is 8.71. The van der Waals surface area contributed by atoms with E-state index in [1.807, 2.05) is 19.1 Å². The lowest BCUT2D eigenvalue weighted by molar-refractivity contribution is -0.116. The van der Waals surface area contributed by atoms with Crippen LogP contribution in [-0.2, 0) is 4.79 Å². The lowest BCUT2D eigenvalue weighted by atomic mass is 10.1. The smallest absolute Gasteiger partial charge is 0.246 e. The number of nitrogens with one attached hydrogen (secondary N) is 2. The van der Waals surface area contributed by atoms with Crippen molar-refractivity contribution in [2.24, 2.45) is 0 Å². The van der Waals surface area contributed by atoms with Gasteiger partial charge in [0.25, 0.3) is 0 Å². The number of carbonyl (C=O) groups is 1. The molecule has 0 bridgehead atoms. The quantitative estimate of drug-likeness (QED) is 0.811. The average Bonchev–Trinajstić information content (AvgIpc) is 2.68. The highest BCUT2D eigenvalue weighted by Crippen LogP contribution is 2.34. The highest BCUT2D eigenvalue weighted by atomic mass is 16.6. The number of methoxy groups -OCH3 is 2. The number of fused-ring (bicyclic) bond motifs is 1. The zero-order valence-electron chi connectivity index (χ0n) is 15.9. The molecule has 0 spiro atoms. The molecule has 7 nitrogen and oxygen atoms in total. The van der Waals surface area contributed by atoms with Crippen LogP contribution in [0.2, 0.25) is 0 Å². The molecule has 144 valence electrons. The lowest BCUT2D eigenvalue weighted by Crippen LogP contribution is -2.32. The van der Waals surface area contributed by atoms with E-state index in [9.17, 15) is 4.79 Å². The van der Waals surface area contributed by atoms with Crippen molar-refractivity contribution in [1.29, 1.82) is 0 Å². The number of hydrogen-bond donors (Lipinski definition) is 2. The Kier molecular flexibility index (Phi) is 5.59. The van der Waals surface area contributed by atoms with E-state index in [-0.39, 0.29) is 5.91 Å². The van der Waals surface area contributed by atoms with Gasteiger partial charge in [0.15, 0.2) is 23.0 Å². The number of carbonyl (C=O) groups excluding carboxylic acids is 1. The fourth-order valence-corrected chi connectivity index (χ4v) is 2.81. The third-order valence-electron chi connectivity index (χ3n) is 4.31. The Morgan fingerprint density at radius 1 is 1.04 bits per heavy atom. The van der Waals surface area contributed by atoms with E-state index in [0.29, 0.717) is 41.9 Å². The standard InChI is InChI=1S/C20H24N2O5/c1-12-9-17(24-3)18(25-4)11-15(12)21-13(2)20(23)22-14-5-6-16-19(10-14)27-8-7-26-16/h5-6,9-11,13,21H,7-8H2,1-4H3,(H,22,23). The van der Waals surface area contributed by atoms with Crippen molar-refractivity contribution >= 4 is 17.3 Å². The summed E-state index contributed by atoms with van der Waals surface area (Å²) in [4.78, 5) is 12.6. The molecule has 1 aliphatic heterocycles. The number of benzene rings is 2. The van der Waals surface area contributed by atoms with Crippen LogP contribution in [0.15, 0.2) is 30.3 Å². The lowest BCUT2D eigenvalue weighted by Gasteiger charge is -2.21. The van der Waals surface area contributed by atoms with Crippen molar-refractivity contribution < 1.29 is 23.7 Å². The summed E-state index contributed by atoms with van der Waals surface area (Å²) in [5, 5.41) is 6.10. The first-order chi connectivity index (χ1) is 13.0. The van der Waals surface area contributed by atoms with Crippen LogP contribution >= 0.6 is 0 Å². The van der Waals surface area contributed by atoms with Crippen LogP contribution in [0.25, 0.3) is 0 Å². The van der Waals surface area contributed by atoms with Gasteiger partial charge in [-0.3, -0.25) is 4.79 Å². The van der Waals surface area contributed by atoms with Gasteiger partial charge in [-0.05, 0) is 37.6 Å². The third-order valence-corrected chi connectivity index (χ3v) is 4.31. The van der Waals surface area contributed by atoms with Gasteiger partial charge in [0, 0.05) is 23.5 Å². The number of ether oxygens (including phenoxy) is 4. The van der Waals surface area contributed by atoms with Crippen LogP contribution in [0, 0.1) is 6.92 Å². The predicted molar refractivity (Wildman–Crippen MR) is 103 cm³/mol. The molecule has 0 fully saturated rings. The summed E-state index contributed by atoms with van der Waals surface area (Å²) in [6.07, 6.45) is 0. The van der Waals surface area contributed by atoms with Gasteiger partial charge in [-0.1, -0.05) is 0 Å². The third kappa shape index (κ3) is 4.19. The van der Waals surface area contributed by atoms with Crippen molar-refractivity contribution in [1.82, 2.24) is 0 Å². The highest BCUT2D eigenvalue weighted by Gasteiger charge is 2.18. The zero-order valence-corrected chi connectivity index (χ0v) is 15.9. The van der Waals surface area contributed by atoms with Crippen molar-refractivity contribution in [2.45, 2.75) is 19.9 Å². The van der Waals surface area contributed by atoms with Gasteiger partial charge in [-0.15, -0.1) is 0 Å². The molecule has 7 heteroatoms. The fraction of sp³-hybridized carbons (Fsp3) is 0.350. The normalized spacial score (nSPS) is 13.5. The molecular formula is C20H24N2O5. The Labute approximate surface area is 158 Å².